The SMILES string of the molecule is CC1(CN2CCOC3(CC3)C2)CC1. The largest absolute Gasteiger partial charge is 0.372 e. The third-order valence-electron chi connectivity index (χ3n) is 3.84. The highest BCUT2D eigenvalue weighted by Gasteiger charge is 2.49. The van der Waals surface area contributed by atoms with Gasteiger partial charge in [-0.15, -0.1) is 0 Å². The smallest absolute Gasteiger partial charge is 0.0811 e. The van der Waals surface area contributed by atoms with Crippen molar-refractivity contribution >= 4 is 0 Å². The molecule has 0 radical (unpaired) electrons. The van der Waals surface area contributed by atoms with Crippen LogP contribution in [0.2, 0.25) is 0 Å². The summed E-state index contributed by atoms with van der Waals surface area (Å²) in [4.78, 5) is 2.63. The molecule has 13 heavy (non-hydrogen) atoms. The molecule has 0 unspecified atom stereocenters. The monoisotopic (exact) mass is 181 g/mol. The van der Waals surface area contributed by atoms with Crippen LogP contribution < -0.4 is 0 Å². The molecule has 74 valence electrons. The Morgan fingerprint density at radius 2 is 2.00 bits per heavy atom. The topological polar surface area (TPSA) is 12.5 Å². The van der Waals surface area contributed by atoms with Gasteiger partial charge in [-0.3, -0.25) is 4.90 Å². The van der Waals surface area contributed by atoms with Crippen molar-refractivity contribution in [3.8, 4) is 0 Å². The second kappa shape index (κ2) is 2.48. The normalized spacial score (nSPS) is 34.8. The maximum atomic E-state index is 5.80. The molecule has 0 atom stereocenters. The van der Waals surface area contributed by atoms with Crippen molar-refractivity contribution in [2.24, 2.45) is 5.41 Å². The van der Waals surface area contributed by atoms with Gasteiger partial charge in [0.1, 0.15) is 0 Å². The Bertz CT molecular complexity index is 216. The van der Waals surface area contributed by atoms with E-state index in [1.807, 2.05) is 0 Å². The van der Waals surface area contributed by atoms with E-state index in [-0.39, 0.29) is 0 Å². The van der Waals surface area contributed by atoms with Gasteiger partial charge in [0, 0.05) is 19.6 Å². The van der Waals surface area contributed by atoms with Crippen LogP contribution in [0.4, 0.5) is 0 Å². The maximum absolute atomic E-state index is 5.80. The first-order valence-electron chi connectivity index (χ1n) is 5.56. The van der Waals surface area contributed by atoms with Crippen LogP contribution in [0.3, 0.4) is 0 Å². The predicted octanol–water partition coefficient (Wildman–Crippen LogP) is 1.65. The van der Waals surface area contributed by atoms with E-state index < -0.39 is 0 Å². The van der Waals surface area contributed by atoms with Crippen molar-refractivity contribution in [2.75, 3.05) is 26.2 Å². The molecule has 0 aromatic heterocycles. The van der Waals surface area contributed by atoms with Crippen LogP contribution in [0.1, 0.15) is 32.6 Å². The lowest BCUT2D eigenvalue weighted by Gasteiger charge is -2.34. The summed E-state index contributed by atoms with van der Waals surface area (Å²) >= 11 is 0. The molecule has 1 heterocycles. The lowest BCUT2D eigenvalue weighted by Crippen LogP contribution is -2.45. The fourth-order valence-corrected chi connectivity index (χ4v) is 2.41. The molecule has 3 fully saturated rings. The molecule has 2 saturated carbocycles. The van der Waals surface area contributed by atoms with Gasteiger partial charge in [0.05, 0.1) is 12.2 Å². The van der Waals surface area contributed by atoms with Gasteiger partial charge in [0.2, 0.25) is 0 Å². The number of rotatable bonds is 2. The Morgan fingerprint density at radius 3 is 2.62 bits per heavy atom. The van der Waals surface area contributed by atoms with Crippen LogP contribution in [0.25, 0.3) is 0 Å². The minimum Gasteiger partial charge on any atom is -0.372 e. The summed E-state index contributed by atoms with van der Waals surface area (Å²) < 4.78 is 5.80. The maximum Gasteiger partial charge on any atom is 0.0811 e. The average Bonchev–Trinajstić information content (AvgIpc) is 2.96. The van der Waals surface area contributed by atoms with Crippen LogP contribution in [0, 0.1) is 5.41 Å². The lowest BCUT2D eigenvalue weighted by molar-refractivity contribution is -0.0505. The summed E-state index contributed by atoms with van der Waals surface area (Å²) in [5.41, 5.74) is 0.997. The summed E-state index contributed by atoms with van der Waals surface area (Å²) in [5, 5.41) is 0. The highest BCUT2D eigenvalue weighted by molar-refractivity contribution is 5.02. The zero-order chi connectivity index (χ0) is 8.94. The van der Waals surface area contributed by atoms with Gasteiger partial charge in [0.25, 0.3) is 0 Å². The number of nitrogens with zero attached hydrogens (tertiary/aromatic N) is 1. The quantitative estimate of drug-likeness (QED) is 0.642. The molecule has 1 spiro atoms. The van der Waals surface area contributed by atoms with Crippen molar-refractivity contribution in [3.63, 3.8) is 0 Å². The molecule has 0 N–H and O–H groups in total. The van der Waals surface area contributed by atoms with Crippen LogP contribution in [-0.2, 0) is 4.74 Å². The molecular weight excluding hydrogens is 162 g/mol. The Balaban J connectivity index is 1.58. The number of morpholine rings is 1. The molecule has 3 rings (SSSR count). The van der Waals surface area contributed by atoms with Crippen molar-refractivity contribution in [3.05, 3.63) is 0 Å². The Labute approximate surface area is 80.2 Å². The van der Waals surface area contributed by atoms with E-state index in [1.54, 1.807) is 0 Å². The Hall–Kier alpha value is -0.0800. The van der Waals surface area contributed by atoms with Crippen molar-refractivity contribution in [1.82, 2.24) is 4.90 Å². The van der Waals surface area contributed by atoms with Gasteiger partial charge in [0.15, 0.2) is 0 Å². The summed E-state index contributed by atoms with van der Waals surface area (Å²) in [5.74, 6) is 0. The standard InChI is InChI=1S/C11H19NO/c1-10(2-3-10)8-12-6-7-13-11(9-12)4-5-11/h2-9H2,1H3. The van der Waals surface area contributed by atoms with Gasteiger partial charge in [-0.05, 0) is 31.1 Å². The fourth-order valence-electron chi connectivity index (χ4n) is 2.41. The van der Waals surface area contributed by atoms with E-state index in [0.717, 1.165) is 13.2 Å². The lowest BCUT2D eigenvalue weighted by atomic mass is 10.1. The fraction of sp³-hybridized carbons (Fsp3) is 1.00. The summed E-state index contributed by atoms with van der Waals surface area (Å²) in [6.07, 6.45) is 5.50. The molecule has 0 aromatic rings. The van der Waals surface area contributed by atoms with Crippen LogP contribution in [0.15, 0.2) is 0 Å². The van der Waals surface area contributed by atoms with E-state index in [4.69, 9.17) is 4.74 Å². The van der Waals surface area contributed by atoms with E-state index >= 15 is 0 Å². The van der Waals surface area contributed by atoms with Crippen LogP contribution >= 0.6 is 0 Å². The van der Waals surface area contributed by atoms with E-state index in [1.165, 1.54) is 38.8 Å². The van der Waals surface area contributed by atoms with Crippen LogP contribution in [-0.4, -0.2) is 36.7 Å². The highest BCUT2D eigenvalue weighted by Crippen LogP contribution is 2.47. The molecule has 3 aliphatic rings. The predicted molar refractivity (Wildman–Crippen MR) is 51.7 cm³/mol. The minimum atomic E-state index is 0.323. The van der Waals surface area contributed by atoms with E-state index in [9.17, 15) is 0 Å². The van der Waals surface area contributed by atoms with Crippen molar-refractivity contribution in [2.45, 2.75) is 38.2 Å². The molecule has 0 amide bonds. The first kappa shape index (κ1) is 8.25. The second-order valence-electron chi connectivity index (χ2n) is 5.55. The minimum absolute atomic E-state index is 0.323. The zero-order valence-corrected chi connectivity index (χ0v) is 8.51. The molecule has 0 aromatic carbocycles. The molecule has 1 aliphatic heterocycles. The van der Waals surface area contributed by atoms with Gasteiger partial charge in [-0.25, -0.2) is 0 Å². The summed E-state index contributed by atoms with van der Waals surface area (Å²) in [7, 11) is 0. The van der Waals surface area contributed by atoms with E-state index in [0.29, 0.717) is 11.0 Å². The Morgan fingerprint density at radius 1 is 1.23 bits per heavy atom. The van der Waals surface area contributed by atoms with Crippen molar-refractivity contribution < 1.29 is 4.74 Å². The summed E-state index contributed by atoms with van der Waals surface area (Å²) in [6.45, 7) is 7.08. The number of hydrogen-bond acceptors (Lipinski definition) is 2. The van der Waals surface area contributed by atoms with Crippen molar-refractivity contribution in [1.29, 1.82) is 0 Å². The second-order valence-corrected chi connectivity index (χ2v) is 5.55. The van der Waals surface area contributed by atoms with E-state index in [2.05, 4.69) is 11.8 Å². The first-order chi connectivity index (χ1) is 6.20. The molecule has 0 bridgehead atoms. The average molecular weight is 181 g/mol. The zero-order valence-electron chi connectivity index (χ0n) is 8.51. The summed E-state index contributed by atoms with van der Waals surface area (Å²) in [6, 6.07) is 0. The number of ether oxygens (including phenoxy) is 1. The first-order valence-corrected chi connectivity index (χ1v) is 5.56. The third kappa shape index (κ3) is 1.62. The van der Waals surface area contributed by atoms with Gasteiger partial charge in [-0.1, -0.05) is 6.92 Å². The van der Waals surface area contributed by atoms with Crippen LogP contribution in [0.5, 0.6) is 0 Å². The van der Waals surface area contributed by atoms with Gasteiger partial charge < -0.3 is 4.74 Å². The third-order valence-corrected chi connectivity index (χ3v) is 3.84. The molecule has 2 heteroatoms. The number of hydrogen-bond donors (Lipinski definition) is 0. The Kier molecular flexibility index (Phi) is 1.58. The molecular formula is C11H19NO. The van der Waals surface area contributed by atoms with Gasteiger partial charge in [-0.2, -0.15) is 0 Å². The highest BCUT2D eigenvalue weighted by atomic mass is 16.5. The van der Waals surface area contributed by atoms with Gasteiger partial charge >= 0.3 is 0 Å². The molecule has 1 saturated heterocycles. The molecule has 2 aliphatic carbocycles. The molecule has 2 nitrogen and oxygen atoms in total.